The molecule has 3 rings (SSSR count). The van der Waals surface area contributed by atoms with Gasteiger partial charge in [0.1, 0.15) is 5.75 Å². The Morgan fingerprint density at radius 2 is 1.41 bits per heavy atom. The van der Waals surface area contributed by atoms with Crippen LogP contribution < -0.4 is 4.74 Å². The van der Waals surface area contributed by atoms with Gasteiger partial charge in [-0.3, -0.25) is 4.79 Å². The van der Waals surface area contributed by atoms with Crippen molar-refractivity contribution >= 4 is 17.8 Å². The van der Waals surface area contributed by atoms with Crippen molar-refractivity contribution in [2.75, 3.05) is 27.3 Å². The Morgan fingerprint density at radius 1 is 0.862 bits per heavy atom. The Hall–Kier alpha value is -3.35. The standard InChI is InChI=1S/C22H23NO6/c1-27-21(25)16-12-17(22(26)28-2)14-18(13-16)29-19(15-8-4-3-5-9-15)20(24)23-10-6-7-11-23/h3-5,8-9,12-14,19H,6-7,10-11H2,1-2H3/t19-/m1/s1. The van der Waals surface area contributed by atoms with E-state index >= 15 is 0 Å². The van der Waals surface area contributed by atoms with Crippen LogP contribution in [0.3, 0.4) is 0 Å². The Kier molecular flexibility index (Phi) is 6.49. The summed E-state index contributed by atoms with van der Waals surface area (Å²) in [6, 6.07) is 13.4. The van der Waals surface area contributed by atoms with Gasteiger partial charge in [0, 0.05) is 18.7 Å². The van der Waals surface area contributed by atoms with Crippen molar-refractivity contribution in [3.8, 4) is 5.75 Å². The van der Waals surface area contributed by atoms with Gasteiger partial charge in [0.05, 0.1) is 25.3 Å². The van der Waals surface area contributed by atoms with Gasteiger partial charge in [-0.1, -0.05) is 30.3 Å². The summed E-state index contributed by atoms with van der Waals surface area (Å²) >= 11 is 0. The molecule has 1 saturated heterocycles. The summed E-state index contributed by atoms with van der Waals surface area (Å²) in [6.45, 7) is 1.36. The molecule has 2 aromatic rings. The first-order valence-corrected chi connectivity index (χ1v) is 9.35. The van der Waals surface area contributed by atoms with E-state index in [9.17, 15) is 14.4 Å². The van der Waals surface area contributed by atoms with Gasteiger partial charge in [0.2, 0.25) is 6.10 Å². The van der Waals surface area contributed by atoms with E-state index in [0.29, 0.717) is 18.7 Å². The fourth-order valence-electron chi connectivity index (χ4n) is 3.27. The van der Waals surface area contributed by atoms with E-state index in [-0.39, 0.29) is 22.8 Å². The molecule has 0 aliphatic carbocycles. The smallest absolute Gasteiger partial charge is 0.338 e. The highest BCUT2D eigenvalue weighted by molar-refractivity contribution is 5.96. The number of methoxy groups -OCH3 is 2. The van der Waals surface area contributed by atoms with Crippen LogP contribution in [-0.2, 0) is 14.3 Å². The molecule has 7 heteroatoms. The van der Waals surface area contributed by atoms with E-state index < -0.39 is 18.0 Å². The second-order valence-electron chi connectivity index (χ2n) is 6.67. The van der Waals surface area contributed by atoms with Gasteiger partial charge >= 0.3 is 11.9 Å². The molecule has 152 valence electrons. The Morgan fingerprint density at radius 3 is 1.93 bits per heavy atom. The van der Waals surface area contributed by atoms with Crippen LogP contribution >= 0.6 is 0 Å². The fraction of sp³-hybridized carbons (Fsp3) is 0.318. The van der Waals surface area contributed by atoms with Crippen molar-refractivity contribution < 1.29 is 28.6 Å². The number of carbonyl (C=O) groups is 3. The third-order valence-electron chi connectivity index (χ3n) is 4.75. The molecule has 1 amide bonds. The summed E-state index contributed by atoms with van der Waals surface area (Å²) in [7, 11) is 2.49. The molecule has 0 bridgehead atoms. The number of rotatable bonds is 6. The van der Waals surface area contributed by atoms with Gasteiger partial charge in [-0.2, -0.15) is 0 Å². The topological polar surface area (TPSA) is 82.1 Å². The number of ether oxygens (including phenoxy) is 3. The molecule has 1 atom stereocenters. The Bertz CT molecular complexity index is 855. The molecular formula is C22H23NO6. The molecule has 1 fully saturated rings. The number of benzene rings is 2. The summed E-state index contributed by atoms with van der Waals surface area (Å²) in [5, 5.41) is 0. The summed E-state index contributed by atoms with van der Waals surface area (Å²) in [5.41, 5.74) is 0.948. The number of esters is 2. The van der Waals surface area contributed by atoms with Gasteiger partial charge in [-0.05, 0) is 31.0 Å². The van der Waals surface area contributed by atoms with Crippen LogP contribution in [0.15, 0.2) is 48.5 Å². The minimum atomic E-state index is -0.896. The average molecular weight is 397 g/mol. The molecular weight excluding hydrogens is 374 g/mol. The predicted molar refractivity (Wildman–Crippen MR) is 105 cm³/mol. The SMILES string of the molecule is COC(=O)c1cc(O[C@@H](C(=O)N2CCCC2)c2ccccc2)cc(C(=O)OC)c1. The maximum Gasteiger partial charge on any atom is 0.338 e. The fourth-order valence-corrected chi connectivity index (χ4v) is 3.27. The number of nitrogens with zero attached hydrogens (tertiary/aromatic N) is 1. The molecule has 0 aromatic heterocycles. The van der Waals surface area contributed by atoms with E-state index in [0.717, 1.165) is 12.8 Å². The molecule has 29 heavy (non-hydrogen) atoms. The normalized spacial score (nSPS) is 14.2. The van der Waals surface area contributed by atoms with Crippen LogP contribution in [0.4, 0.5) is 0 Å². The average Bonchev–Trinajstić information content (AvgIpc) is 3.31. The largest absolute Gasteiger partial charge is 0.476 e. The van der Waals surface area contributed by atoms with Crippen LogP contribution in [-0.4, -0.2) is 50.1 Å². The minimum Gasteiger partial charge on any atom is -0.476 e. The predicted octanol–water partition coefficient (Wildman–Crippen LogP) is 3.00. The van der Waals surface area contributed by atoms with Crippen molar-refractivity contribution in [1.82, 2.24) is 4.90 Å². The molecule has 2 aromatic carbocycles. The second kappa shape index (κ2) is 9.23. The maximum absolute atomic E-state index is 13.1. The highest BCUT2D eigenvalue weighted by Gasteiger charge is 2.30. The van der Waals surface area contributed by atoms with Crippen LogP contribution in [0.25, 0.3) is 0 Å². The summed E-state index contributed by atoms with van der Waals surface area (Å²) in [6.07, 6.45) is 1.02. The van der Waals surface area contributed by atoms with Crippen LogP contribution in [0.2, 0.25) is 0 Å². The van der Waals surface area contributed by atoms with Crippen LogP contribution in [0.5, 0.6) is 5.75 Å². The highest BCUT2D eigenvalue weighted by Crippen LogP contribution is 2.28. The highest BCUT2D eigenvalue weighted by atomic mass is 16.5. The third kappa shape index (κ3) is 4.74. The van der Waals surface area contributed by atoms with Crippen molar-refractivity contribution in [2.45, 2.75) is 18.9 Å². The van der Waals surface area contributed by atoms with Gasteiger partial charge in [-0.15, -0.1) is 0 Å². The molecule has 0 unspecified atom stereocenters. The molecule has 7 nitrogen and oxygen atoms in total. The van der Waals surface area contributed by atoms with Gasteiger partial charge < -0.3 is 19.1 Å². The monoisotopic (exact) mass is 397 g/mol. The van der Waals surface area contributed by atoms with E-state index in [1.807, 2.05) is 30.3 Å². The number of carbonyl (C=O) groups excluding carboxylic acids is 3. The van der Waals surface area contributed by atoms with Crippen LogP contribution in [0.1, 0.15) is 45.2 Å². The maximum atomic E-state index is 13.1. The lowest BCUT2D eigenvalue weighted by molar-refractivity contribution is -0.137. The zero-order valence-electron chi connectivity index (χ0n) is 16.4. The molecule has 0 radical (unpaired) electrons. The first-order valence-electron chi connectivity index (χ1n) is 9.35. The molecule has 1 aliphatic rings. The number of hydrogen-bond donors (Lipinski definition) is 0. The van der Waals surface area contributed by atoms with E-state index in [1.54, 1.807) is 4.90 Å². The summed E-state index contributed by atoms with van der Waals surface area (Å²) in [5.74, 6) is -1.20. The van der Waals surface area contributed by atoms with E-state index in [1.165, 1.54) is 32.4 Å². The lowest BCUT2D eigenvalue weighted by Crippen LogP contribution is -2.35. The zero-order chi connectivity index (χ0) is 20.8. The number of amides is 1. The number of likely N-dealkylation sites (tertiary alicyclic amines) is 1. The second-order valence-corrected chi connectivity index (χ2v) is 6.67. The molecule has 0 saturated carbocycles. The van der Waals surface area contributed by atoms with Gasteiger partial charge in [0.25, 0.3) is 5.91 Å². The summed E-state index contributed by atoms with van der Waals surface area (Å²) < 4.78 is 15.6. The Balaban J connectivity index is 1.98. The lowest BCUT2D eigenvalue weighted by Gasteiger charge is -2.24. The first-order chi connectivity index (χ1) is 14.0. The molecule has 0 spiro atoms. The van der Waals surface area contributed by atoms with E-state index in [2.05, 4.69) is 0 Å². The van der Waals surface area contributed by atoms with E-state index in [4.69, 9.17) is 14.2 Å². The van der Waals surface area contributed by atoms with Crippen molar-refractivity contribution in [1.29, 1.82) is 0 Å². The van der Waals surface area contributed by atoms with Gasteiger partial charge in [-0.25, -0.2) is 9.59 Å². The third-order valence-corrected chi connectivity index (χ3v) is 4.75. The van der Waals surface area contributed by atoms with Crippen molar-refractivity contribution in [3.63, 3.8) is 0 Å². The van der Waals surface area contributed by atoms with Crippen molar-refractivity contribution in [2.24, 2.45) is 0 Å². The van der Waals surface area contributed by atoms with Crippen LogP contribution in [0, 0.1) is 0 Å². The minimum absolute atomic E-state index is 0.130. The van der Waals surface area contributed by atoms with Crippen molar-refractivity contribution in [3.05, 3.63) is 65.2 Å². The molecule has 0 N–H and O–H groups in total. The number of hydrogen-bond acceptors (Lipinski definition) is 6. The first kappa shape index (κ1) is 20.4. The lowest BCUT2D eigenvalue weighted by atomic mass is 10.1. The summed E-state index contributed by atoms with van der Waals surface area (Å²) in [4.78, 5) is 38.9. The Labute approximate surface area is 169 Å². The van der Waals surface area contributed by atoms with Gasteiger partial charge in [0.15, 0.2) is 0 Å². The quantitative estimate of drug-likeness (QED) is 0.697. The molecule has 1 aliphatic heterocycles. The molecule has 1 heterocycles. The zero-order valence-corrected chi connectivity index (χ0v) is 16.4.